The van der Waals surface area contributed by atoms with Crippen molar-refractivity contribution in [2.75, 3.05) is 6.54 Å². The highest BCUT2D eigenvalue weighted by atomic mass is 16.4. The molecule has 0 unspecified atom stereocenters. The Kier molecular flexibility index (Phi) is 10.5. The van der Waals surface area contributed by atoms with E-state index in [1.165, 1.54) is 16.3 Å². The Hall–Kier alpha value is -4.32. The highest BCUT2D eigenvalue weighted by Gasteiger charge is 2.21. The van der Waals surface area contributed by atoms with Crippen LogP contribution in [0.25, 0.3) is 21.9 Å². The van der Waals surface area contributed by atoms with Gasteiger partial charge < -0.3 is 10.4 Å². The molecule has 0 fully saturated rings. The summed E-state index contributed by atoms with van der Waals surface area (Å²) >= 11 is 0. The van der Waals surface area contributed by atoms with Gasteiger partial charge >= 0.3 is 5.97 Å². The van der Waals surface area contributed by atoms with Gasteiger partial charge in [-0.15, -0.1) is 0 Å². The molecule has 6 nitrogen and oxygen atoms in total. The summed E-state index contributed by atoms with van der Waals surface area (Å²) in [6, 6.07) is 24.6. The number of carbonyl (C=O) groups is 3. The minimum atomic E-state index is -0.960. The van der Waals surface area contributed by atoms with Crippen LogP contribution >= 0.6 is 0 Å². The van der Waals surface area contributed by atoms with Crippen molar-refractivity contribution in [3.63, 3.8) is 0 Å². The summed E-state index contributed by atoms with van der Waals surface area (Å²) in [4.78, 5) is 41.1. The number of aromatic nitrogens is 1. The van der Waals surface area contributed by atoms with Gasteiger partial charge in [-0.25, -0.2) is 0 Å². The Bertz CT molecular complexity index is 1580. The van der Waals surface area contributed by atoms with E-state index in [9.17, 15) is 19.5 Å². The van der Waals surface area contributed by atoms with Crippen molar-refractivity contribution in [1.82, 2.24) is 10.3 Å². The molecule has 0 aliphatic heterocycles. The number of Topliss-reactive ketones (excluding diaryl/α,β-unsaturated/α-hetero) is 1. The third-order valence-electron chi connectivity index (χ3n) is 7.86. The lowest BCUT2D eigenvalue weighted by Gasteiger charge is -2.23. The number of fused-ring (bicyclic) bond motifs is 1. The Labute approximate surface area is 254 Å². The van der Waals surface area contributed by atoms with E-state index in [2.05, 4.69) is 61.4 Å². The van der Waals surface area contributed by atoms with E-state index in [0.717, 1.165) is 40.8 Å². The van der Waals surface area contributed by atoms with Gasteiger partial charge in [0.2, 0.25) is 5.91 Å². The summed E-state index contributed by atoms with van der Waals surface area (Å²) in [5.74, 6) is -1.79. The van der Waals surface area contributed by atoms with E-state index in [-0.39, 0.29) is 36.5 Å². The molecule has 0 saturated carbocycles. The number of rotatable bonds is 13. The average molecular weight is 579 g/mol. The van der Waals surface area contributed by atoms with Crippen molar-refractivity contribution in [3.8, 4) is 11.1 Å². The number of nitrogens with one attached hydrogen (secondary N) is 1. The van der Waals surface area contributed by atoms with Crippen LogP contribution in [0.2, 0.25) is 0 Å². The van der Waals surface area contributed by atoms with Crippen LogP contribution in [-0.4, -0.2) is 34.3 Å². The third-order valence-corrected chi connectivity index (χ3v) is 7.86. The molecule has 224 valence electrons. The number of carbonyl (C=O) groups excluding carboxylic acids is 2. The maximum Gasteiger partial charge on any atom is 0.303 e. The number of benzene rings is 3. The van der Waals surface area contributed by atoms with E-state index in [1.807, 2.05) is 49.4 Å². The minimum Gasteiger partial charge on any atom is -0.481 e. The number of pyridine rings is 1. The fourth-order valence-corrected chi connectivity index (χ4v) is 5.62. The lowest BCUT2D eigenvalue weighted by Crippen LogP contribution is -2.30. The molecular weight excluding hydrogens is 536 g/mol. The van der Waals surface area contributed by atoms with Crippen LogP contribution in [0.1, 0.15) is 81.2 Å². The predicted octanol–water partition coefficient (Wildman–Crippen LogP) is 7.55. The summed E-state index contributed by atoms with van der Waals surface area (Å²) < 4.78 is 0. The van der Waals surface area contributed by atoms with Crippen LogP contribution in [-0.2, 0) is 26.2 Å². The van der Waals surface area contributed by atoms with Gasteiger partial charge in [-0.1, -0.05) is 81.4 Å². The normalized spacial score (nSPS) is 12.2. The van der Waals surface area contributed by atoms with Gasteiger partial charge in [-0.3, -0.25) is 19.4 Å². The largest absolute Gasteiger partial charge is 0.481 e. The number of carboxylic acid groups (broad SMARTS) is 1. The molecule has 1 amide bonds. The molecule has 43 heavy (non-hydrogen) atoms. The number of aryl methyl sites for hydroxylation is 2. The molecule has 1 aromatic heterocycles. The fraction of sp³-hybridized carbons (Fsp3) is 0.351. The highest BCUT2D eigenvalue weighted by molar-refractivity contribution is 5.99. The van der Waals surface area contributed by atoms with Crippen LogP contribution in [0.15, 0.2) is 79.0 Å². The second-order valence-corrected chi connectivity index (χ2v) is 12.4. The van der Waals surface area contributed by atoms with Gasteiger partial charge in [-0.05, 0) is 82.3 Å². The Morgan fingerprint density at radius 1 is 0.884 bits per heavy atom. The van der Waals surface area contributed by atoms with E-state index in [4.69, 9.17) is 0 Å². The molecular formula is C37H42N2O4. The summed E-state index contributed by atoms with van der Waals surface area (Å²) in [6.07, 6.45) is 4.38. The smallest absolute Gasteiger partial charge is 0.303 e. The van der Waals surface area contributed by atoms with Crippen molar-refractivity contribution in [2.24, 2.45) is 0 Å². The van der Waals surface area contributed by atoms with Crippen molar-refractivity contribution in [2.45, 2.75) is 77.6 Å². The van der Waals surface area contributed by atoms with Crippen molar-refractivity contribution in [1.29, 1.82) is 0 Å². The zero-order chi connectivity index (χ0) is 31.0. The minimum absolute atomic E-state index is 0.0113. The number of nitrogens with zero attached hydrogens (tertiary/aromatic N) is 1. The Morgan fingerprint density at radius 2 is 1.60 bits per heavy atom. The van der Waals surface area contributed by atoms with E-state index in [1.54, 1.807) is 6.20 Å². The van der Waals surface area contributed by atoms with Gasteiger partial charge in [0.05, 0.1) is 13.0 Å². The van der Waals surface area contributed by atoms with E-state index in [0.29, 0.717) is 12.8 Å². The zero-order valence-electron chi connectivity index (χ0n) is 25.7. The van der Waals surface area contributed by atoms with Crippen LogP contribution < -0.4 is 5.32 Å². The first-order valence-corrected chi connectivity index (χ1v) is 15.1. The van der Waals surface area contributed by atoms with Crippen LogP contribution in [0.5, 0.6) is 0 Å². The predicted molar refractivity (Wildman–Crippen MR) is 172 cm³/mol. The molecule has 4 aromatic rings. The second kappa shape index (κ2) is 14.2. The van der Waals surface area contributed by atoms with Crippen LogP contribution in [0.4, 0.5) is 0 Å². The Morgan fingerprint density at radius 3 is 2.28 bits per heavy atom. The highest BCUT2D eigenvalue weighted by Crippen LogP contribution is 2.36. The summed E-state index contributed by atoms with van der Waals surface area (Å²) in [5.41, 5.74) is 6.42. The number of aliphatic carboxylic acids is 1. The molecule has 0 saturated heterocycles. The third kappa shape index (κ3) is 8.84. The van der Waals surface area contributed by atoms with Gasteiger partial charge in [0.25, 0.3) is 0 Å². The molecule has 1 heterocycles. The Balaban J connectivity index is 1.36. The first-order valence-electron chi connectivity index (χ1n) is 15.1. The van der Waals surface area contributed by atoms with Gasteiger partial charge in [0.15, 0.2) is 5.78 Å². The molecule has 4 rings (SSSR count). The summed E-state index contributed by atoms with van der Waals surface area (Å²) in [7, 11) is 0. The number of ketones is 1. The van der Waals surface area contributed by atoms with Crippen LogP contribution in [0.3, 0.4) is 0 Å². The number of amides is 1. The fourth-order valence-electron chi connectivity index (χ4n) is 5.62. The maximum absolute atomic E-state index is 12.8. The number of unbranched alkanes of at least 4 members (excludes halogenated alkanes) is 1. The maximum atomic E-state index is 12.8. The summed E-state index contributed by atoms with van der Waals surface area (Å²) in [6.45, 7) is 8.57. The second-order valence-electron chi connectivity index (χ2n) is 12.4. The molecule has 3 aromatic carbocycles. The topological polar surface area (TPSA) is 96.4 Å². The van der Waals surface area contributed by atoms with Gasteiger partial charge in [0, 0.05) is 30.7 Å². The SMILES string of the molecule is Cc1ccnc(CCCCC(=O)NCC(=O)C[C@@H](CC(=O)O)c2ccc(-c3ccc(C(C)(C)C)c4ccccc34)cc2)c1. The molecule has 0 radical (unpaired) electrons. The molecule has 1 atom stereocenters. The van der Waals surface area contributed by atoms with E-state index < -0.39 is 11.9 Å². The van der Waals surface area contributed by atoms with Gasteiger partial charge in [0.1, 0.15) is 0 Å². The standard InChI is InChI=1S/C37H42N2O4/c1-25-19-20-38-29(21-25)9-5-8-12-35(41)39-24-30(40)22-28(23-36(42)43)26-13-15-27(16-14-26)31-17-18-34(37(2,3)4)33-11-7-6-10-32(31)33/h6-7,10-11,13-21,28H,5,8-9,12,22-24H2,1-4H3,(H,39,41)(H,42,43)/t28-/m0/s1. The molecule has 6 heteroatoms. The summed E-state index contributed by atoms with van der Waals surface area (Å²) in [5, 5.41) is 14.7. The van der Waals surface area contributed by atoms with Crippen molar-refractivity contribution in [3.05, 3.63) is 101 Å². The van der Waals surface area contributed by atoms with E-state index >= 15 is 0 Å². The van der Waals surface area contributed by atoms with Crippen molar-refractivity contribution < 1.29 is 19.5 Å². The number of carboxylic acids is 1. The molecule has 0 bridgehead atoms. The number of hydrogen-bond acceptors (Lipinski definition) is 4. The molecule has 0 aliphatic carbocycles. The molecule has 2 N–H and O–H groups in total. The molecule has 0 spiro atoms. The van der Waals surface area contributed by atoms with Gasteiger partial charge in [-0.2, -0.15) is 0 Å². The number of hydrogen-bond donors (Lipinski definition) is 2. The first-order chi connectivity index (χ1) is 20.5. The lowest BCUT2D eigenvalue weighted by molar-refractivity contribution is -0.137. The lowest BCUT2D eigenvalue weighted by atomic mass is 9.82. The average Bonchev–Trinajstić information content (AvgIpc) is 2.97. The monoisotopic (exact) mass is 578 g/mol. The first kappa shape index (κ1) is 31.6. The van der Waals surface area contributed by atoms with Crippen LogP contribution in [0, 0.1) is 6.92 Å². The quantitative estimate of drug-likeness (QED) is 0.160. The van der Waals surface area contributed by atoms with Crippen molar-refractivity contribution >= 4 is 28.4 Å². The molecule has 0 aliphatic rings. The zero-order valence-corrected chi connectivity index (χ0v) is 25.7.